The summed E-state index contributed by atoms with van der Waals surface area (Å²) in [7, 11) is 3.87. The first-order chi connectivity index (χ1) is 8.08. The zero-order valence-electron chi connectivity index (χ0n) is 10.2. The molecule has 94 valence electrons. The van der Waals surface area contributed by atoms with Crippen LogP contribution >= 0.6 is 0 Å². The number of rotatable bonds is 5. The van der Waals surface area contributed by atoms with Gasteiger partial charge in [0.15, 0.2) is 0 Å². The highest BCUT2D eigenvalue weighted by molar-refractivity contribution is 5.73. The van der Waals surface area contributed by atoms with Crippen LogP contribution in [0.4, 0.5) is 9.18 Å². The number of hydrogen-bond donors (Lipinski definition) is 2. The maximum atomic E-state index is 12.8. The van der Waals surface area contributed by atoms with E-state index in [1.54, 1.807) is 12.1 Å². The number of amides is 2. The van der Waals surface area contributed by atoms with Crippen molar-refractivity contribution in [3.05, 3.63) is 35.6 Å². The summed E-state index contributed by atoms with van der Waals surface area (Å²) in [6.45, 7) is 1.70. The van der Waals surface area contributed by atoms with Crippen LogP contribution in [-0.2, 0) is 6.54 Å². The molecule has 1 aromatic rings. The summed E-state index contributed by atoms with van der Waals surface area (Å²) in [6.07, 6.45) is 0. The third-order valence-corrected chi connectivity index (χ3v) is 2.19. The van der Waals surface area contributed by atoms with Crippen molar-refractivity contribution in [1.82, 2.24) is 15.5 Å². The van der Waals surface area contributed by atoms with E-state index in [2.05, 4.69) is 10.6 Å². The lowest BCUT2D eigenvalue weighted by molar-refractivity contribution is 0.239. The Morgan fingerprint density at radius 3 is 2.76 bits per heavy atom. The number of carbonyl (C=O) groups is 1. The Bertz CT molecular complexity index is 369. The third kappa shape index (κ3) is 5.87. The molecule has 0 saturated carbocycles. The number of benzene rings is 1. The van der Waals surface area contributed by atoms with Gasteiger partial charge in [-0.05, 0) is 31.8 Å². The molecule has 0 aliphatic rings. The summed E-state index contributed by atoms with van der Waals surface area (Å²) >= 11 is 0. The maximum absolute atomic E-state index is 12.8. The van der Waals surface area contributed by atoms with E-state index in [1.165, 1.54) is 12.1 Å². The Hall–Kier alpha value is -1.62. The normalized spacial score (nSPS) is 10.4. The van der Waals surface area contributed by atoms with Crippen molar-refractivity contribution in [2.24, 2.45) is 0 Å². The molecule has 4 nitrogen and oxygen atoms in total. The molecule has 0 radical (unpaired) electrons. The van der Waals surface area contributed by atoms with E-state index in [1.807, 2.05) is 19.0 Å². The van der Waals surface area contributed by atoms with Crippen molar-refractivity contribution in [2.45, 2.75) is 6.54 Å². The van der Waals surface area contributed by atoms with Crippen LogP contribution < -0.4 is 10.6 Å². The zero-order chi connectivity index (χ0) is 12.7. The molecule has 0 saturated heterocycles. The van der Waals surface area contributed by atoms with E-state index >= 15 is 0 Å². The molecule has 1 aromatic carbocycles. The van der Waals surface area contributed by atoms with Gasteiger partial charge in [-0.25, -0.2) is 9.18 Å². The fourth-order valence-electron chi connectivity index (χ4n) is 1.28. The first kappa shape index (κ1) is 13.4. The largest absolute Gasteiger partial charge is 0.337 e. The van der Waals surface area contributed by atoms with Gasteiger partial charge in [0, 0.05) is 19.6 Å². The smallest absolute Gasteiger partial charge is 0.315 e. The van der Waals surface area contributed by atoms with Crippen LogP contribution in [0.5, 0.6) is 0 Å². The van der Waals surface area contributed by atoms with Crippen molar-refractivity contribution < 1.29 is 9.18 Å². The molecular formula is C12H18FN3O. The van der Waals surface area contributed by atoms with E-state index in [0.29, 0.717) is 13.1 Å². The molecule has 0 aromatic heterocycles. The van der Waals surface area contributed by atoms with Gasteiger partial charge < -0.3 is 15.5 Å². The van der Waals surface area contributed by atoms with Gasteiger partial charge in [-0.15, -0.1) is 0 Å². The van der Waals surface area contributed by atoms with Crippen LogP contribution in [0.1, 0.15) is 5.56 Å². The second-order valence-electron chi connectivity index (χ2n) is 4.04. The summed E-state index contributed by atoms with van der Waals surface area (Å²) < 4.78 is 12.8. The molecule has 0 aliphatic carbocycles. The van der Waals surface area contributed by atoms with Gasteiger partial charge in [0.1, 0.15) is 5.82 Å². The summed E-state index contributed by atoms with van der Waals surface area (Å²) in [5, 5.41) is 5.38. The molecule has 0 spiro atoms. The fraction of sp³-hybridized carbons (Fsp3) is 0.417. The Morgan fingerprint density at radius 1 is 1.35 bits per heavy atom. The minimum atomic E-state index is -0.294. The van der Waals surface area contributed by atoms with Crippen LogP contribution in [0.2, 0.25) is 0 Å². The van der Waals surface area contributed by atoms with Gasteiger partial charge in [0.05, 0.1) is 0 Å². The van der Waals surface area contributed by atoms with E-state index in [9.17, 15) is 9.18 Å². The second-order valence-corrected chi connectivity index (χ2v) is 4.04. The van der Waals surface area contributed by atoms with Crippen molar-refractivity contribution in [3.8, 4) is 0 Å². The van der Waals surface area contributed by atoms with Gasteiger partial charge in [0.25, 0.3) is 0 Å². The lowest BCUT2D eigenvalue weighted by Gasteiger charge is -2.11. The Morgan fingerprint density at radius 2 is 2.12 bits per heavy atom. The number of nitrogens with one attached hydrogen (secondary N) is 2. The monoisotopic (exact) mass is 239 g/mol. The molecule has 5 heteroatoms. The molecule has 0 aliphatic heterocycles. The summed E-state index contributed by atoms with van der Waals surface area (Å²) in [6, 6.07) is 5.93. The highest BCUT2D eigenvalue weighted by atomic mass is 19.1. The van der Waals surface area contributed by atoms with Gasteiger partial charge in [0.2, 0.25) is 0 Å². The minimum Gasteiger partial charge on any atom is -0.337 e. The van der Waals surface area contributed by atoms with Crippen molar-refractivity contribution in [2.75, 3.05) is 27.2 Å². The zero-order valence-corrected chi connectivity index (χ0v) is 10.2. The van der Waals surface area contributed by atoms with E-state index < -0.39 is 0 Å². The second kappa shape index (κ2) is 6.85. The van der Waals surface area contributed by atoms with Crippen LogP contribution in [0.3, 0.4) is 0 Å². The molecule has 2 N–H and O–H groups in total. The molecular weight excluding hydrogens is 221 g/mol. The van der Waals surface area contributed by atoms with Crippen LogP contribution in [0.15, 0.2) is 24.3 Å². The molecule has 17 heavy (non-hydrogen) atoms. The van der Waals surface area contributed by atoms with Crippen LogP contribution in [-0.4, -0.2) is 38.1 Å². The number of nitrogens with zero attached hydrogens (tertiary/aromatic N) is 1. The topological polar surface area (TPSA) is 44.4 Å². The number of carbonyl (C=O) groups excluding carboxylic acids is 1. The predicted octanol–water partition coefficient (Wildman–Crippen LogP) is 1.19. The molecule has 1 rings (SSSR count). The first-order valence-electron chi connectivity index (χ1n) is 5.49. The first-order valence-corrected chi connectivity index (χ1v) is 5.49. The predicted molar refractivity (Wildman–Crippen MR) is 65.2 cm³/mol. The van der Waals surface area contributed by atoms with Gasteiger partial charge in [-0.2, -0.15) is 0 Å². The number of urea groups is 1. The average molecular weight is 239 g/mol. The third-order valence-electron chi connectivity index (χ3n) is 2.19. The SMILES string of the molecule is CN(C)CCNC(=O)NCc1cccc(F)c1. The van der Waals surface area contributed by atoms with Crippen molar-refractivity contribution in [3.63, 3.8) is 0 Å². The highest BCUT2D eigenvalue weighted by Gasteiger charge is 2.00. The van der Waals surface area contributed by atoms with E-state index in [-0.39, 0.29) is 11.8 Å². The fourth-order valence-corrected chi connectivity index (χ4v) is 1.28. The Balaban J connectivity index is 2.24. The minimum absolute atomic E-state index is 0.240. The summed E-state index contributed by atoms with van der Waals surface area (Å²) in [5.74, 6) is -0.294. The number of likely N-dealkylation sites (N-methyl/N-ethyl adjacent to an activating group) is 1. The summed E-state index contributed by atoms with van der Waals surface area (Å²) in [4.78, 5) is 13.3. The van der Waals surface area contributed by atoms with Gasteiger partial charge in [-0.3, -0.25) is 0 Å². The van der Waals surface area contributed by atoms with E-state index in [0.717, 1.165) is 12.1 Å². The Kier molecular flexibility index (Phi) is 5.42. The molecule has 2 amide bonds. The van der Waals surface area contributed by atoms with Gasteiger partial charge in [-0.1, -0.05) is 12.1 Å². The summed E-state index contributed by atoms with van der Waals surface area (Å²) in [5.41, 5.74) is 0.743. The Labute approximate surface area is 101 Å². The van der Waals surface area contributed by atoms with Crippen molar-refractivity contribution in [1.29, 1.82) is 0 Å². The molecule has 0 unspecified atom stereocenters. The highest BCUT2D eigenvalue weighted by Crippen LogP contribution is 2.02. The van der Waals surface area contributed by atoms with Crippen LogP contribution in [0, 0.1) is 5.82 Å². The lowest BCUT2D eigenvalue weighted by atomic mass is 10.2. The molecule has 0 bridgehead atoms. The number of hydrogen-bond acceptors (Lipinski definition) is 2. The standard InChI is InChI=1S/C12H18FN3O/c1-16(2)7-6-14-12(17)15-9-10-4-3-5-11(13)8-10/h3-5,8H,6-7,9H2,1-2H3,(H2,14,15,17). The molecule has 0 fully saturated rings. The lowest BCUT2D eigenvalue weighted by Crippen LogP contribution is -2.38. The van der Waals surface area contributed by atoms with Gasteiger partial charge >= 0.3 is 6.03 Å². The molecule has 0 heterocycles. The average Bonchev–Trinajstić information content (AvgIpc) is 2.26. The maximum Gasteiger partial charge on any atom is 0.315 e. The van der Waals surface area contributed by atoms with Crippen molar-refractivity contribution >= 4 is 6.03 Å². The quantitative estimate of drug-likeness (QED) is 0.810. The molecule has 0 atom stereocenters. The van der Waals surface area contributed by atoms with Crippen LogP contribution in [0.25, 0.3) is 0 Å². The number of halogens is 1. The van der Waals surface area contributed by atoms with E-state index in [4.69, 9.17) is 0 Å².